The van der Waals surface area contributed by atoms with Gasteiger partial charge < -0.3 is 9.67 Å². The quantitative estimate of drug-likeness (QED) is 0.943. The number of likely N-dealkylation sites (tertiary alicyclic amines) is 1. The highest BCUT2D eigenvalue weighted by molar-refractivity contribution is 5.76. The molecule has 1 atom stereocenters. The number of rotatable bonds is 4. The molecule has 5 heteroatoms. The number of aryl methyl sites for hydroxylation is 1. The lowest BCUT2D eigenvalue weighted by Gasteiger charge is -2.35. The molecule has 0 bridgehead atoms. The predicted octanol–water partition coefficient (Wildman–Crippen LogP) is 2.71. The van der Waals surface area contributed by atoms with Gasteiger partial charge in [0.2, 0.25) is 0 Å². The van der Waals surface area contributed by atoms with Gasteiger partial charge in [-0.25, -0.2) is 4.98 Å². The van der Waals surface area contributed by atoms with Crippen LogP contribution in [0, 0.1) is 0 Å². The maximum Gasteiger partial charge on any atom is 0.320 e. The second kappa shape index (κ2) is 6.08. The highest BCUT2D eigenvalue weighted by Gasteiger charge is 2.28. The number of piperidine rings is 1. The molecule has 1 N–H and O–H groups in total. The molecule has 2 aromatic rings. The number of hydrogen-bond donors (Lipinski definition) is 1. The summed E-state index contributed by atoms with van der Waals surface area (Å²) in [5.41, 5.74) is 2.25. The fourth-order valence-electron chi connectivity index (χ4n) is 3.44. The van der Waals surface area contributed by atoms with E-state index in [2.05, 4.69) is 34.6 Å². The lowest BCUT2D eigenvalue weighted by atomic mass is 10.0. The fraction of sp³-hybridized carbons (Fsp3) is 0.529. The number of aliphatic carboxylic acids is 1. The Labute approximate surface area is 130 Å². The van der Waals surface area contributed by atoms with Crippen LogP contribution in [0.5, 0.6) is 0 Å². The van der Waals surface area contributed by atoms with E-state index in [0.29, 0.717) is 6.04 Å². The van der Waals surface area contributed by atoms with E-state index in [1.54, 1.807) is 6.92 Å². The molecular weight excluding hydrogens is 278 g/mol. The van der Waals surface area contributed by atoms with E-state index in [1.807, 2.05) is 6.07 Å². The largest absolute Gasteiger partial charge is 0.480 e. The van der Waals surface area contributed by atoms with Crippen LogP contribution in [0.15, 0.2) is 24.3 Å². The van der Waals surface area contributed by atoms with E-state index >= 15 is 0 Å². The smallest absolute Gasteiger partial charge is 0.320 e. The Morgan fingerprint density at radius 2 is 2.05 bits per heavy atom. The van der Waals surface area contributed by atoms with Crippen molar-refractivity contribution in [2.75, 3.05) is 13.1 Å². The second-order valence-electron chi connectivity index (χ2n) is 6.02. The van der Waals surface area contributed by atoms with Gasteiger partial charge in [-0.3, -0.25) is 9.69 Å². The Kier molecular flexibility index (Phi) is 4.16. The standard InChI is InChI=1S/C17H23N3O2/c1-3-16-18-14-6-4-5-7-15(14)20(16)13-8-10-19(11-9-13)12(2)17(21)22/h4-7,12-13H,3,8-11H2,1-2H3,(H,21,22). The molecule has 0 saturated carbocycles. The van der Waals surface area contributed by atoms with Gasteiger partial charge in [0.15, 0.2) is 0 Å². The third-order valence-corrected chi connectivity index (χ3v) is 4.75. The number of aromatic nitrogens is 2. The number of carboxylic acids is 1. The third-order valence-electron chi connectivity index (χ3n) is 4.75. The van der Waals surface area contributed by atoms with Crippen molar-refractivity contribution in [3.8, 4) is 0 Å². The van der Waals surface area contributed by atoms with Crippen LogP contribution in [0.3, 0.4) is 0 Å². The maximum atomic E-state index is 11.1. The van der Waals surface area contributed by atoms with Gasteiger partial charge in [-0.1, -0.05) is 19.1 Å². The Bertz CT molecular complexity index is 672. The average molecular weight is 301 g/mol. The van der Waals surface area contributed by atoms with Gasteiger partial charge in [-0.05, 0) is 31.9 Å². The van der Waals surface area contributed by atoms with E-state index in [9.17, 15) is 4.79 Å². The highest BCUT2D eigenvalue weighted by Crippen LogP contribution is 2.29. The van der Waals surface area contributed by atoms with Crippen LogP contribution >= 0.6 is 0 Å². The van der Waals surface area contributed by atoms with Crippen molar-refractivity contribution >= 4 is 17.0 Å². The van der Waals surface area contributed by atoms with Gasteiger partial charge >= 0.3 is 5.97 Å². The number of imidazole rings is 1. The van der Waals surface area contributed by atoms with Gasteiger partial charge in [0.05, 0.1) is 11.0 Å². The van der Waals surface area contributed by atoms with Gasteiger partial charge in [-0.15, -0.1) is 0 Å². The first-order valence-corrected chi connectivity index (χ1v) is 8.04. The Hall–Kier alpha value is -1.88. The number of benzene rings is 1. The fourth-order valence-corrected chi connectivity index (χ4v) is 3.44. The van der Waals surface area contributed by atoms with E-state index in [4.69, 9.17) is 10.1 Å². The van der Waals surface area contributed by atoms with Crippen LogP contribution in [0.4, 0.5) is 0 Å². The summed E-state index contributed by atoms with van der Waals surface area (Å²) in [5.74, 6) is 0.395. The SMILES string of the molecule is CCc1nc2ccccc2n1C1CCN(C(C)C(=O)O)CC1. The lowest BCUT2D eigenvalue weighted by Crippen LogP contribution is -2.44. The van der Waals surface area contributed by atoms with Crippen LogP contribution < -0.4 is 0 Å². The zero-order valence-electron chi connectivity index (χ0n) is 13.2. The van der Waals surface area contributed by atoms with E-state index in [0.717, 1.165) is 43.7 Å². The zero-order chi connectivity index (χ0) is 15.7. The van der Waals surface area contributed by atoms with Crippen LogP contribution in [-0.2, 0) is 11.2 Å². The summed E-state index contributed by atoms with van der Waals surface area (Å²) in [5, 5.41) is 9.15. The van der Waals surface area contributed by atoms with Crippen molar-refractivity contribution < 1.29 is 9.90 Å². The highest BCUT2D eigenvalue weighted by atomic mass is 16.4. The number of nitrogens with zero attached hydrogens (tertiary/aromatic N) is 3. The molecule has 22 heavy (non-hydrogen) atoms. The number of para-hydroxylation sites is 2. The third kappa shape index (κ3) is 2.61. The summed E-state index contributed by atoms with van der Waals surface area (Å²) >= 11 is 0. The summed E-state index contributed by atoms with van der Waals surface area (Å²) in [4.78, 5) is 17.9. The first-order valence-electron chi connectivity index (χ1n) is 8.04. The molecule has 118 valence electrons. The maximum absolute atomic E-state index is 11.1. The van der Waals surface area contributed by atoms with Crippen molar-refractivity contribution in [2.24, 2.45) is 0 Å². The van der Waals surface area contributed by atoms with Crippen molar-refractivity contribution in [1.29, 1.82) is 0 Å². The first kappa shape index (κ1) is 15.0. The number of carboxylic acid groups (broad SMARTS) is 1. The summed E-state index contributed by atoms with van der Waals surface area (Å²) in [6, 6.07) is 8.30. The van der Waals surface area contributed by atoms with Crippen molar-refractivity contribution in [3.63, 3.8) is 0 Å². The molecule has 2 heterocycles. The first-order chi connectivity index (χ1) is 10.6. The molecule has 5 nitrogen and oxygen atoms in total. The summed E-state index contributed by atoms with van der Waals surface area (Å²) < 4.78 is 2.37. The second-order valence-corrected chi connectivity index (χ2v) is 6.02. The summed E-state index contributed by atoms with van der Waals surface area (Å²) in [7, 11) is 0. The molecule has 1 saturated heterocycles. The topological polar surface area (TPSA) is 58.4 Å². The Morgan fingerprint density at radius 3 is 2.68 bits per heavy atom. The normalized spacial score (nSPS) is 18.6. The minimum absolute atomic E-state index is 0.397. The molecule has 0 aliphatic carbocycles. The molecule has 3 rings (SSSR count). The lowest BCUT2D eigenvalue weighted by molar-refractivity contribution is -0.143. The van der Waals surface area contributed by atoms with E-state index in [1.165, 1.54) is 5.52 Å². The minimum atomic E-state index is -0.735. The van der Waals surface area contributed by atoms with E-state index < -0.39 is 12.0 Å². The van der Waals surface area contributed by atoms with Gasteiger partial charge in [0, 0.05) is 25.6 Å². The van der Waals surface area contributed by atoms with Gasteiger partial charge in [0.1, 0.15) is 11.9 Å². The molecule has 1 unspecified atom stereocenters. The number of fused-ring (bicyclic) bond motifs is 1. The molecule has 1 fully saturated rings. The van der Waals surface area contributed by atoms with Crippen molar-refractivity contribution in [1.82, 2.24) is 14.5 Å². The number of hydrogen-bond acceptors (Lipinski definition) is 3. The van der Waals surface area contributed by atoms with Gasteiger partial charge in [0.25, 0.3) is 0 Å². The monoisotopic (exact) mass is 301 g/mol. The molecule has 0 radical (unpaired) electrons. The zero-order valence-corrected chi connectivity index (χ0v) is 13.2. The van der Waals surface area contributed by atoms with E-state index in [-0.39, 0.29) is 0 Å². The molecule has 0 amide bonds. The van der Waals surface area contributed by atoms with Crippen molar-refractivity contribution in [3.05, 3.63) is 30.1 Å². The average Bonchev–Trinajstić information content (AvgIpc) is 2.92. The molecular formula is C17H23N3O2. The molecule has 1 aromatic carbocycles. The minimum Gasteiger partial charge on any atom is -0.480 e. The molecule has 1 aliphatic heterocycles. The number of carbonyl (C=O) groups is 1. The van der Waals surface area contributed by atoms with Crippen LogP contribution in [0.1, 0.15) is 38.6 Å². The summed E-state index contributed by atoms with van der Waals surface area (Å²) in [6.45, 7) is 5.56. The van der Waals surface area contributed by atoms with Crippen LogP contribution in [-0.4, -0.2) is 44.7 Å². The van der Waals surface area contributed by atoms with Gasteiger partial charge in [-0.2, -0.15) is 0 Å². The summed E-state index contributed by atoms with van der Waals surface area (Å²) in [6.07, 6.45) is 2.87. The van der Waals surface area contributed by atoms with Crippen LogP contribution in [0.25, 0.3) is 11.0 Å². The molecule has 0 spiro atoms. The van der Waals surface area contributed by atoms with Crippen molar-refractivity contribution in [2.45, 2.75) is 45.2 Å². The van der Waals surface area contributed by atoms with Crippen LogP contribution in [0.2, 0.25) is 0 Å². The Balaban J connectivity index is 1.83. The predicted molar refractivity (Wildman–Crippen MR) is 86.1 cm³/mol. The molecule has 1 aliphatic rings. The Morgan fingerprint density at radius 1 is 1.36 bits per heavy atom. The molecule has 1 aromatic heterocycles.